The molecule has 1 aliphatic heterocycles. The number of nitrogens with one attached hydrogen (secondary N) is 2. The third kappa shape index (κ3) is 2.86. The van der Waals surface area contributed by atoms with Crippen LogP contribution < -0.4 is 5.32 Å². The number of carbonyl (C=O) groups excluding carboxylic acids is 2. The highest BCUT2D eigenvalue weighted by Gasteiger charge is 2.25. The molecule has 0 spiro atoms. The van der Waals surface area contributed by atoms with Crippen molar-refractivity contribution in [3.8, 4) is 0 Å². The van der Waals surface area contributed by atoms with Crippen LogP contribution in [0.15, 0.2) is 18.2 Å². The summed E-state index contributed by atoms with van der Waals surface area (Å²) in [6, 6.07) is 5.83. The Morgan fingerprint density at radius 3 is 2.79 bits per heavy atom. The number of fused-ring (bicyclic) bond motifs is 1. The second-order valence-corrected chi connectivity index (χ2v) is 6.83. The third-order valence-electron chi connectivity index (χ3n) is 4.01. The number of anilines is 1. The zero-order chi connectivity index (χ0) is 17.4. The summed E-state index contributed by atoms with van der Waals surface area (Å²) in [7, 11) is 0. The largest absolute Gasteiger partial charge is 0.462 e. The van der Waals surface area contributed by atoms with Crippen LogP contribution in [0.4, 0.5) is 5.69 Å². The van der Waals surface area contributed by atoms with Gasteiger partial charge >= 0.3 is 5.97 Å². The number of benzene rings is 1. The zero-order valence-corrected chi connectivity index (χ0v) is 15.8. The van der Waals surface area contributed by atoms with Gasteiger partial charge in [0.25, 0.3) is 5.91 Å². The number of H-pyrrole nitrogens is 1. The van der Waals surface area contributed by atoms with Gasteiger partial charge in [0.15, 0.2) is 0 Å². The molecule has 0 aliphatic carbocycles. The first kappa shape index (κ1) is 16.8. The normalized spacial score (nSPS) is 14.7. The van der Waals surface area contributed by atoms with Crippen LogP contribution in [0.1, 0.15) is 39.8 Å². The van der Waals surface area contributed by atoms with Gasteiger partial charge in [0.2, 0.25) is 0 Å². The highest BCUT2D eigenvalue weighted by molar-refractivity contribution is 14.1. The van der Waals surface area contributed by atoms with Crippen LogP contribution in [0.2, 0.25) is 0 Å². The number of halogens is 1. The number of carbonyl (C=O) groups is 2. The van der Waals surface area contributed by atoms with E-state index in [0.29, 0.717) is 17.7 Å². The number of hydrogen-bond acceptors (Lipinski definition) is 3. The molecule has 0 bridgehead atoms. The Hall–Kier alpha value is -2.09. The van der Waals surface area contributed by atoms with Gasteiger partial charge in [0, 0.05) is 20.5 Å². The van der Waals surface area contributed by atoms with Gasteiger partial charge in [0.1, 0.15) is 0 Å². The fourth-order valence-electron chi connectivity index (χ4n) is 2.88. The van der Waals surface area contributed by atoms with E-state index in [0.717, 1.165) is 31.8 Å². The number of aryl methyl sites for hydroxylation is 1. The monoisotopic (exact) mass is 436 g/mol. The van der Waals surface area contributed by atoms with E-state index in [1.165, 1.54) is 0 Å². The first-order valence-corrected chi connectivity index (χ1v) is 8.69. The lowest BCUT2D eigenvalue weighted by Gasteiger charge is -2.02. The van der Waals surface area contributed by atoms with Crippen molar-refractivity contribution in [2.75, 3.05) is 11.9 Å². The highest BCUT2D eigenvalue weighted by atomic mass is 127. The molecule has 0 unspecified atom stereocenters. The van der Waals surface area contributed by atoms with Crippen LogP contribution in [0, 0.1) is 17.4 Å². The minimum absolute atomic E-state index is 0.142. The van der Waals surface area contributed by atoms with Crippen LogP contribution in [-0.2, 0) is 9.53 Å². The molecule has 24 heavy (non-hydrogen) atoms. The van der Waals surface area contributed by atoms with Gasteiger partial charge < -0.3 is 15.0 Å². The minimum atomic E-state index is -0.348. The number of hydrogen-bond donors (Lipinski definition) is 2. The molecular formula is C18H17IN2O3. The lowest BCUT2D eigenvalue weighted by atomic mass is 10.0. The first-order valence-electron chi connectivity index (χ1n) is 7.61. The van der Waals surface area contributed by atoms with E-state index < -0.39 is 0 Å². The van der Waals surface area contributed by atoms with Gasteiger partial charge in [-0.2, -0.15) is 0 Å². The molecule has 0 saturated carbocycles. The fourth-order valence-corrected chi connectivity index (χ4v) is 3.37. The van der Waals surface area contributed by atoms with Gasteiger partial charge in [-0.1, -0.05) is 6.07 Å². The SMILES string of the molecule is CCOC(=O)c1c(C)[nH]c(/C=C2\C(=O)Nc3cc(I)ccc32)c1C. The molecule has 124 valence electrons. The van der Waals surface area contributed by atoms with Crippen molar-refractivity contribution in [2.24, 2.45) is 0 Å². The molecular weight excluding hydrogens is 419 g/mol. The molecule has 6 heteroatoms. The summed E-state index contributed by atoms with van der Waals surface area (Å²) in [5.41, 5.74) is 5.05. The summed E-state index contributed by atoms with van der Waals surface area (Å²) in [6.07, 6.45) is 1.79. The smallest absolute Gasteiger partial charge is 0.340 e. The van der Waals surface area contributed by atoms with Crippen LogP contribution in [0.3, 0.4) is 0 Å². The second-order valence-electron chi connectivity index (χ2n) is 5.59. The van der Waals surface area contributed by atoms with E-state index in [2.05, 4.69) is 32.9 Å². The van der Waals surface area contributed by atoms with E-state index in [1.54, 1.807) is 13.0 Å². The Morgan fingerprint density at radius 2 is 2.08 bits per heavy atom. The molecule has 0 radical (unpaired) electrons. The van der Waals surface area contributed by atoms with E-state index in [4.69, 9.17) is 4.74 Å². The third-order valence-corrected chi connectivity index (χ3v) is 4.68. The summed E-state index contributed by atoms with van der Waals surface area (Å²) < 4.78 is 6.16. The molecule has 1 amide bonds. The zero-order valence-electron chi connectivity index (χ0n) is 13.6. The maximum absolute atomic E-state index is 12.3. The van der Waals surface area contributed by atoms with Gasteiger partial charge in [-0.25, -0.2) is 4.79 Å². The summed E-state index contributed by atoms with van der Waals surface area (Å²) in [6.45, 7) is 5.78. The second kappa shape index (κ2) is 6.43. The summed E-state index contributed by atoms with van der Waals surface area (Å²) in [5.74, 6) is -0.490. The molecule has 1 aromatic carbocycles. The lowest BCUT2D eigenvalue weighted by molar-refractivity contribution is -0.110. The Morgan fingerprint density at radius 1 is 1.33 bits per heavy atom. The predicted octanol–water partition coefficient (Wildman–Crippen LogP) is 3.91. The molecule has 2 heterocycles. The first-order chi connectivity index (χ1) is 11.4. The van der Waals surface area contributed by atoms with Crippen LogP contribution >= 0.6 is 22.6 Å². The van der Waals surface area contributed by atoms with Crippen molar-refractivity contribution in [1.29, 1.82) is 0 Å². The van der Waals surface area contributed by atoms with Gasteiger partial charge in [0.05, 0.1) is 23.4 Å². The molecule has 0 saturated heterocycles. The number of aromatic amines is 1. The van der Waals surface area contributed by atoms with Crippen molar-refractivity contribution in [1.82, 2.24) is 4.98 Å². The van der Waals surface area contributed by atoms with Gasteiger partial charge in [-0.3, -0.25) is 4.79 Å². The summed E-state index contributed by atoms with van der Waals surface area (Å²) in [4.78, 5) is 27.6. The van der Waals surface area contributed by atoms with E-state index >= 15 is 0 Å². The molecule has 0 fully saturated rings. The Labute approximate surface area is 153 Å². The maximum Gasteiger partial charge on any atom is 0.340 e. The van der Waals surface area contributed by atoms with Crippen molar-refractivity contribution in [3.05, 3.63) is 49.8 Å². The standard InChI is InChI=1S/C18H17IN2O3/c1-4-24-18(23)16-9(2)14(20-10(16)3)8-13-12-6-5-11(19)7-15(12)21-17(13)22/h5-8,20H,4H2,1-3H3,(H,21,22)/b13-8-. The Kier molecular flexibility index (Phi) is 4.49. The highest BCUT2D eigenvalue weighted by Crippen LogP contribution is 2.34. The Bertz CT molecular complexity index is 881. The van der Waals surface area contributed by atoms with Crippen LogP contribution in [0.5, 0.6) is 0 Å². The van der Waals surface area contributed by atoms with E-state index in [9.17, 15) is 9.59 Å². The van der Waals surface area contributed by atoms with Gasteiger partial charge in [-0.15, -0.1) is 0 Å². The molecule has 5 nitrogen and oxygen atoms in total. The number of esters is 1. The van der Waals surface area contributed by atoms with Crippen molar-refractivity contribution >= 4 is 51.8 Å². The topological polar surface area (TPSA) is 71.2 Å². The average molecular weight is 436 g/mol. The number of ether oxygens (including phenoxy) is 1. The summed E-state index contributed by atoms with van der Waals surface area (Å²) >= 11 is 2.21. The molecule has 1 aliphatic rings. The quantitative estimate of drug-likeness (QED) is 0.436. The molecule has 0 atom stereocenters. The lowest BCUT2D eigenvalue weighted by Crippen LogP contribution is -2.06. The van der Waals surface area contributed by atoms with Crippen LogP contribution in [-0.4, -0.2) is 23.5 Å². The minimum Gasteiger partial charge on any atom is -0.462 e. The molecule has 2 aromatic rings. The molecule has 3 rings (SSSR count). The average Bonchev–Trinajstić information content (AvgIpc) is 2.96. The van der Waals surface area contributed by atoms with Crippen LogP contribution in [0.25, 0.3) is 11.6 Å². The summed E-state index contributed by atoms with van der Waals surface area (Å²) in [5, 5.41) is 2.87. The predicted molar refractivity (Wildman–Crippen MR) is 102 cm³/mol. The van der Waals surface area contributed by atoms with E-state index in [1.807, 2.05) is 32.0 Å². The number of rotatable bonds is 3. The molecule has 2 N–H and O–H groups in total. The maximum atomic E-state index is 12.3. The van der Waals surface area contributed by atoms with Crippen molar-refractivity contribution in [3.63, 3.8) is 0 Å². The van der Waals surface area contributed by atoms with Crippen molar-refractivity contribution < 1.29 is 14.3 Å². The van der Waals surface area contributed by atoms with E-state index in [-0.39, 0.29) is 11.9 Å². The number of amides is 1. The molecule has 1 aromatic heterocycles. The Balaban J connectivity index is 2.06. The fraction of sp³-hybridized carbons (Fsp3) is 0.222. The number of aromatic nitrogens is 1. The van der Waals surface area contributed by atoms with Crippen molar-refractivity contribution in [2.45, 2.75) is 20.8 Å². The van der Waals surface area contributed by atoms with Gasteiger partial charge in [-0.05, 0) is 67.1 Å².